The topological polar surface area (TPSA) is 48.9 Å². The van der Waals surface area contributed by atoms with E-state index in [-0.39, 0.29) is 6.54 Å². The van der Waals surface area contributed by atoms with Gasteiger partial charge in [0.1, 0.15) is 18.9 Å². The standard InChI is InChI=1S/C16H28N2O2/c1-2-3-4-5-6-7-8-9-10-11-17-12-13-18(15-17)14-16(19)20/h12-13,15H,2-11,14H2,1H3. The van der Waals surface area contributed by atoms with Crippen molar-refractivity contribution in [2.24, 2.45) is 0 Å². The Hall–Kier alpha value is -1.32. The van der Waals surface area contributed by atoms with Crippen LogP contribution in [0.15, 0.2) is 18.7 Å². The first-order valence-corrected chi connectivity index (χ1v) is 7.97. The van der Waals surface area contributed by atoms with E-state index in [9.17, 15) is 9.90 Å². The molecule has 0 spiro atoms. The zero-order valence-electron chi connectivity index (χ0n) is 12.7. The molecule has 0 fully saturated rings. The lowest BCUT2D eigenvalue weighted by Crippen LogP contribution is -2.42. The van der Waals surface area contributed by atoms with Crippen molar-refractivity contribution in [3.05, 3.63) is 18.7 Å². The largest absolute Gasteiger partial charge is 0.546 e. The van der Waals surface area contributed by atoms with Crippen LogP contribution >= 0.6 is 0 Å². The van der Waals surface area contributed by atoms with Crippen molar-refractivity contribution in [2.75, 3.05) is 0 Å². The van der Waals surface area contributed by atoms with Gasteiger partial charge >= 0.3 is 0 Å². The number of carboxylic acid groups (broad SMARTS) is 1. The van der Waals surface area contributed by atoms with Gasteiger partial charge < -0.3 is 9.90 Å². The second-order valence-electron chi connectivity index (χ2n) is 5.52. The van der Waals surface area contributed by atoms with Gasteiger partial charge in [0.15, 0.2) is 0 Å². The number of imidazole rings is 1. The Balaban J connectivity index is 1.98. The summed E-state index contributed by atoms with van der Waals surface area (Å²) in [6, 6.07) is 0. The average molecular weight is 280 g/mol. The number of carboxylic acids is 1. The minimum atomic E-state index is -1.05. The van der Waals surface area contributed by atoms with E-state index in [0.29, 0.717) is 0 Å². The van der Waals surface area contributed by atoms with Gasteiger partial charge in [0.25, 0.3) is 0 Å². The molecule has 1 rings (SSSR count). The number of unbranched alkanes of at least 4 members (excludes halogenated alkanes) is 8. The minimum absolute atomic E-state index is 0.0647. The molecule has 4 heteroatoms. The summed E-state index contributed by atoms with van der Waals surface area (Å²) in [5, 5.41) is 10.5. The molecule has 0 saturated carbocycles. The molecule has 0 N–H and O–H groups in total. The van der Waals surface area contributed by atoms with E-state index in [1.54, 1.807) is 10.8 Å². The predicted molar refractivity (Wildman–Crippen MR) is 76.9 cm³/mol. The van der Waals surface area contributed by atoms with Gasteiger partial charge in [-0.05, 0) is 12.8 Å². The molecule has 1 heterocycles. The van der Waals surface area contributed by atoms with Crippen LogP contribution in [0.1, 0.15) is 64.7 Å². The molecule has 114 valence electrons. The number of aliphatic carboxylic acids is 1. The maximum Gasteiger partial charge on any atom is 0.244 e. The molecule has 0 atom stereocenters. The van der Waals surface area contributed by atoms with Gasteiger partial charge in [-0.1, -0.05) is 51.9 Å². The third kappa shape index (κ3) is 7.97. The fourth-order valence-electron chi connectivity index (χ4n) is 2.42. The van der Waals surface area contributed by atoms with E-state index < -0.39 is 5.97 Å². The molecule has 20 heavy (non-hydrogen) atoms. The van der Waals surface area contributed by atoms with Crippen molar-refractivity contribution in [1.82, 2.24) is 4.57 Å². The first-order chi connectivity index (χ1) is 9.72. The summed E-state index contributed by atoms with van der Waals surface area (Å²) in [7, 11) is 0. The molecule has 0 amide bonds. The van der Waals surface area contributed by atoms with Crippen LogP contribution in [0.3, 0.4) is 0 Å². The lowest BCUT2D eigenvalue weighted by molar-refractivity contribution is -0.690. The van der Waals surface area contributed by atoms with Gasteiger partial charge in [-0.2, -0.15) is 0 Å². The SMILES string of the molecule is CCCCCCCCCCCn1cc[n+](CC(=O)[O-])c1. The molecular formula is C16H28N2O2. The predicted octanol–water partition coefficient (Wildman–Crippen LogP) is 2.06. The Morgan fingerprint density at radius 1 is 1.05 bits per heavy atom. The van der Waals surface area contributed by atoms with Crippen molar-refractivity contribution in [2.45, 2.75) is 77.8 Å². The maximum atomic E-state index is 10.5. The summed E-state index contributed by atoms with van der Waals surface area (Å²) in [6.45, 7) is 3.15. The summed E-state index contributed by atoms with van der Waals surface area (Å²) in [5.41, 5.74) is 0. The molecule has 0 radical (unpaired) electrons. The van der Waals surface area contributed by atoms with E-state index in [1.165, 1.54) is 51.4 Å². The summed E-state index contributed by atoms with van der Waals surface area (Å²) in [4.78, 5) is 10.5. The van der Waals surface area contributed by atoms with E-state index in [4.69, 9.17) is 0 Å². The Morgan fingerprint density at radius 3 is 2.25 bits per heavy atom. The Bertz CT molecular complexity index is 374. The van der Waals surface area contributed by atoms with E-state index in [2.05, 4.69) is 6.92 Å². The third-order valence-corrected chi connectivity index (χ3v) is 3.58. The van der Waals surface area contributed by atoms with E-state index >= 15 is 0 Å². The fourth-order valence-corrected chi connectivity index (χ4v) is 2.42. The third-order valence-electron chi connectivity index (χ3n) is 3.58. The number of rotatable bonds is 12. The zero-order chi connectivity index (χ0) is 14.6. The van der Waals surface area contributed by atoms with Crippen LogP contribution in [-0.4, -0.2) is 10.5 Å². The van der Waals surface area contributed by atoms with E-state index in [0.717, 1.165) is 13.0 Å². The first-order valence-electron chi connectivity index (χ1n) is 7.97. The van der Waals surface area contributed by atoms with Crippen molar-refractivity contribution >= 4 is 5.97 Å². The van der Waals surface area contributed by atoms with Crippen LogP contribution < -0.4 is 9.67 Å². The number of carbonyl (C=O) groups excluding carboxylic acids is 1. The highest BCUT2D eigenvalue weighted by Gasteiger charge is 2.03. The van der Waals surface area contributed by atoms with Gasteiger partial charge in [0.05, 0.1) is 12.5 Å². The van der Waals surface area contributed by atoms with Crippen molar-refractivity contribution in [3.63, 3.8) is 0 Å². The molecule has 0 unspecified atom stereocenters. The number of carbonyl (C=O) groups is 1. The summed E-state index contributed by atoms with van der Waals surface area (Å²) >= 11 is 0. The highest BCUT2D eigenvalue weighted by molar-refractivity contribution is 5.62. The Morgan fingerprint density at radius 2 is 1.65 bits per heavy atom. The van der Waals surface area contributed by atoms with Crippen molar-refractivity contribution in [3.8, 4) is 0 Å². The average Bonchev–Trinajstić information content (AvgIpc) is 2.83. The summed E-state index contributed by atoms with van der Waals surface area (Å²) in [6.07, 6.45) is 17.4. The second kappa shape index (κ2) is 10.5. The van der Waals surface area contributed by atoms with Crippen LogP contribution in [0.25, 0.3) is 0 Å². The zero-order valence-corrected chi connectivity index (χ0v) is 12.7. The first kappa shape index (κ1) is 16.7. The maximum absolute atomic E-state index is 10.5. The van der Waals surface area contributed by atoms with Crippen LogP contribution in [0.5, 0.6) is 0 Å². The van der Waals surface area contributed by atoms with Gasteiger partial charge in [-0.15, -0.1) is 0 Å². The molecular weight excluding hydrogens is 252 g/mol. The summed E-state index contributed by atoms with van der Waals surface area (Å²) in [5.74, 6) is -1.05. The lowest BCUT2D eigenvalue weighted by Gasteiger charge is -2.01. The summed E-state index contributed by atoms with van der Waals surface area (Å²) < 4.78 is 3.69. The van der Waals surface area contributed by atoms with Crippen molar-refractivity contribution in [1.29, 1.82) is 0 Å². The van der Waals surface area contributed by atoms with Gasteiger partial charge in [0, 0.05) is 0 Å². The lowest BCUT2D eigenvalue weighted by atomic mass is 10.1. The minimum Gasteiger partial charge on any atom is -0.546 e. The van der Waals surface area contributed by atoms with Crippen LogP contribution in [0.4, 0.5) is 0 Å². The van der Waals surface area contributed by atoms with Gasteiger partial charge in [-0.25, -0.2) is 9.13 Å². The molecule has 1 aromatic heterocycles. The molecule has 0 bridgehead atoms. The number of aryl methyl sites for hydroxylation is 1. The Kier molecular flexibility index (Phi) is 8.76. The number of aromatic nitrogens is 2. The molecule has 0 aromatic carbocycles. The number of hydrogen-bond donors (Lipinski definition) is 0. The monoisotopic (exact) mass is 280 g/mol. The molecule has 0 aliphatic carbocycles. The smallest absolute Gasteiger partial charge is 0.244 e. The molecule has 0 aliphatic heterocycles. The highest BCUT2D eigenvalue weighted by atomic mass is 16.4. The second-order valence-corrected chi connectivity index (χ2v) is 5.52. The normalized spacial score (nSPS) is 10.8. The molecule has 0 saturated heterocycles. The van der Waals surface area contributed by atoms with E-state index in [1.807, 2.05) is 17.1 Å². The van der Waals surface area contributed by atoms with Crippen molar-refractivity contribution < 1.29 is 14.5 Å². The van der Waals surface area contributed by atoms with Gasteiger partial charge in [-0.3, -0.25) is 0 Å². The quantitative estimate of drug-likeness (QED) is 0.434. The van der Waals surface area contributed by atoms with Crippen LogP contribution in [0, 0.1) is 0 Å². The van der Waals surface area contributed by atoms with Crippen LogP contribution in [-0.2, 0) is 17.9 Å². The molecule has 0 aliphatic rings. The van der Waals surface area contributed by atoms with Gasteiger partial charge in [0.2, 0.25) is 6.33 Å². The van der Waals surface area contributed by atoms with Crippen LogP contribution in [0.2, 0.25) is 0 Å². The Labute approximate surface area is 122 Å². The number of nitrogens with zero attached hydrogens (tertiary/aromatic N) is 2. The highest BCUT2D eigenvalue weighted by Crippen LogP contribution is 2.09. The molecule has 4 nitrogen and oxygen atoms in total. The molecule has 1 aromatic rings. The fraction of sp³-hybridized carbons (Fsp3) is 0.750. The number of hydrogen-bond acceptors (Lipinski definition) is 2.